The van der Waals surface area contributed by atoms with E-state index in [0.717, 1.165) is 5.56 Å². The van der Waals surface area contributed by atoms with Crippen LogP contribution in [0.15, 0.2) is 60.7 Å². The predicted octanol–water partition coefficient (Wildman–Crippen LogP) is 3.52. The van der Waals surface area contributed by atoms with Crippen molar-refractivity contribution in [2.24, 2.45) is 5.92 Å². The van der Waals surface area contributed by atoms with Gasteiger partial charge in [-0.1, -0.05) is 30.3 Å². The fraction of sp³-hybridized carbons (Fsp3) is 0.320. The van der Waals surface area contributed by atoms with Crippen molar-refractivity contribution in [1.29, 1.82) is 0 Å². The number of nitrogens with one attached hydrogen (secondary N) is 1. The second-order valence-corrected chi connectivity index (χ2v) is 7.45. The van der Waals surface area contributed by atoms with Crippen molar-refractivity contribution in [3.8, 4) is 5.75 Å². The standard InChI is InChI=1S/C25H28N2O5/c1-2-31-24(29)13-10-19-8-11-21(12-9-19)26-25(30)20-14-16-27(17-15-20)23(28)18-32-22-6-4-3-5-7-22/h3-13,20H,2,14-18H2,1H3,(H,26,30)/b13-10+. The van der Waals surface area contributed by atoms with Crippen molar-refractivity contribution < 1.29 is 23.9 Å². The number of likely N-dealkylation sites (tertiary alicyclic amines) is 1. The van der Waals surface area contributed by atoms with Gasteiger partial charge in [-0.05, 0) is 55.7 Å². The van der Waals surface area contributed by atoms with Crippen molar-refractivity contribution in [2.75, 3.05) is 31.6 Å². The lowest BCUT2D eigenvalue weighted by atomic mass is 9.95. The fourth-order valence-electron chi connectivity index (χ4n) is 3.42. The SMILES string of the molecule is CCOC(=O)/C=C/c1ccc(NC(=O)C2CCN(C(=O)COc3ccccc3)CC2)cc1. The maximum absolute atomic E-state index is 12.6. The van der Waals surface area contributed by atoms with E-state index < -0.39 is 0 Å². The zero-order chi connectivity index (χ0) is 22.8. The monoisotopic (exact) mass is 436 g/mol. The lowest BCUT2D eigenvalue weighted by Gasteiger charge is -2.31. The molecule has 1 aliphatic heterocycles. The first kappa shape index (κ1) is 23.1. The molecule has 1 heterocycles. The molecule has 0 unspecified atom stereocenters. The van der Waals surface area contributed by atoms with E-state index in [1.807, 2.05) is 42.5 Å². The van der Waals surface area contributed by atoms with E-state index in [4.69, 9.17) is 9.47 Å². The van der Waals surface area contributed by atoms with Crippen LogP contribution in [0.1, 0.15) is 25.3 Å². The molecule has 0 aliphatic carbocycles. The Balaban J connectivity index is 1.42. The molecule has 1 saturated heterocycles. The van der Waals surface area contributed by atoms with E-state index >= 15 is 0 Å². The van der Waals surface area contributed by atoms with Gasteiger partial charge >= 0.3 is 5.97 Å². The van der Waals surface area contributed by atoms with Gasteiger partial charge in [0, 0.05) is 30.8 Å². The normalized spacial score (nSPS) is 14.2. The van der Waals surface area contributed by atoms with Crippen LogP contribution in [0.25, 0.3) is 6.08 Å². The van der Waals surface area contributed by atoms with Crippen molar-refractivity contribution >= 4 is 29.5 Å². The van der Waals surface area contributed by atoms with Crippen LogP contribution < -0.4 is 10.1 Å². The van der Waals surface area contributed by atoms with Gasteiger partial charge in [-0.2, -0.15) is 0 Å². The van der Waals surface area contributed by atoms with E-state index in [1.165, 1.54) is 6.08 Å². The molecule has 0 radical (unpaired) electrons. The molecule has 1 aliphatic rings. The van der Waals surface area contributed by atoms with Gasteiger partial charge in [0.05, 0.1) is 6.61 Å². The lowest BCUT2D eigenvalue weighted by Crippen LogP contribution is -2.43. The lowest BCUT2D eigenvalue weighted by molar-refractivity contribution is -0.137. The molecule has 0 aromatic heterocycles. The van der Waals surface area contributed by atoms with Crippen LogP contribution in [0.4, 0.5) is 5.69 Å². The molecular weight excluding hydrogens is 408 g/mol. The topological polar surface area (TPSA) is 84.9 Å². The summed E-state index contributed by atoms with van der Waals surface area (Å²) in [7, 11) is 0. The van der Waals surface area contributed by atoms with E-state index in [1.54, 1.807) is 30.0 Å². The van der Waals surface area contributed by atoms with Crippen LogP contribution in [0.2, 0.25) is 0 Å². The minimum atomic E-state index is -0.388. The first-order valence-corrected chi connectivity index (χ1v) is 10.8. The Morgan fingerprint density at radius 3 is 2.38 bits per heavy atom. The van der Waals surface area contributed by atoms with Crippen molar-refractivity contribution in [1.82, 2.24) is 4.90 Å². The summed E-state index contributed by atoms with van der Waals surface area (Å²) in [6.07, 6.45) is 4.27. The minimum absolute atomic E-state index is 0.00214. The Labute approximate surface area is 188 Å². The summed E-state index contributed by atoms with van der Waals surface area (Å²) in [4.78, 5) is 38.1. The summed E-state index contributed by atoms with van der Waals surface area (Å²) in [6.45, 7) is 3.16. The second-order valence-electron chi connectivity index (χ2n) is 7.45. The molecule has 0 saturated carbocycles. The number of benzene rings is 2. The number of carbonyl (C=O) groups excluding carboxylic acids is 3. The molecule has 2 aromatic carbocycles. The molecule has 1 N–H and O–H groups in total. The van der Waals surface area contributed by atoms with Crippen molar-refractivity contribution in [2.45, 2.75) is 19.8 Å². The molecule has 0 spiro atoms. The minimum Gasteiger partial charge on any atom is -0.484 e. The predicted molar refractivity (Wildman–Crippen MR) is 122 cm³/mol. The summed E-state index contributed by atoms with van der Waals surface area (Å²) in [5.74, 6) is 0.0166. The maximum atomic E-state index is 12.6. The number of ether oxygens (including phenoxy) is 2. The highest BCUT2D eigenvalue weighted by Gasteiger charge is 2.27. The van der Waals surface area contributed by atoms with E-state index in [-0.39, 0.29) is 30.3 Å². The van der Waals surface area contributed by atoms with Gasteiger partial charge < -0.3 is 19.7 Å². The Morgan fingerprint density at radius 1 is 1.03 bits per heavy atom. The number of rotatable bonds is 8. The Kier molecular flexibility index (Phi) is 8.43. The van der Waals surface area contributed by atoms with Gasteiger partial charge in [-0.25, -0.2) is 4.79 Å². The molecule has 168 valence electrons. The number of piperidine rings is 1. The van der Waals surface area contributed by atoms with E-state index in [9.17, 15) is 14.4 Å². The summed E-state index contributed by atoms with van der Waals surface area (Å²) < 4.78 is 10.4. The average molecular weight is 437 g/mol. The molecule has 1 fully saturated rings. The zero-order valence-electron chi connectivity index (χ0n) is 18.2. The van der Waals surface area contributed by atoms with Gasteiger partial charge in [0.2, 0.25) is 5.91 Å². The largest absolute Gasteiger partial charge is 0.484 e. The van der Waals surface area contributed by atoms with Crippen molar-refractivity contribution in [3.63, 3.8) is 0 Å². The summed E-state index contributed by atoms with van der Waals surface area (Å²) in [5, 5.41) is 2.93. The van der Waals surface area contributed by atoms with Crippen LogP contribution >= 0.6 is 0 Å². The summed E-state index contributed by atoms with van der Waals surface area (Å²) in [5.41, 5.74) is 1.53. The van der Waals surface area contributed by atoms with Gasteiger partial charge in [-0.15, -0.1) is 0 Å². The number of para-hydroxylation sites is 1. The van der Waals surface area contributed by atoms with E-state index in [2.05, 4.69) is 5.32 Å². The van der Waals surface area contributed by atoms with Crippen LogP contribution in [0.3, 0.4) is 0 Å². The van der Waals surface area contributed by atoms with Gasteiger partial charge in [0.25, 0.3) is 5.91 Å². The van der Waals surface area contributed by atoms with E-state index in [0.29, 0.717) is 44.0 Å². The number of carbonyl (C=O) groups is 3. The number of hydrogen-bond donors (Lipinski definition) is 1. The molecule has 0 atom stereocenters. The Bertz CT molecular complexity index is 933. The first-order chi connectivity index (χ1) is 15.5. The number of nitrogens with zero attached hydrogens (tertiary/aromatic N) is 1. The third kappa shape index (κ3) is 6.97. The third-order valence-electron chi connectivity index (χ3n) is 5.20. The van der Waals surface area contributed by atoms with Crippen molar-refractivity contribution in [3.05, 3.63) is 66.2 Å². The second kappa shape index (κ2) is 11.7. The van der Waals surface area contributed by atoms with Crippen LogP contribution in [0, 0.1) is 5.92 Å². The summed E-state index contributed by atoms with van der Waals surface area (Å²) >= 11 is 0. The molecule has 2 aromatic rings. The molecule has 3 rings (SSSR count). The zero-order valence-corrected chi connectivity index (χ0v) is 18.2. The van der Waals surface area contributed by atoms with Gasteiger partial charge in [0.1, 0.15) is 5.75 Å². The highest BCUT2D eigenvalue weighted by atomic mass is 16.5. The molecule has 7 heteroatoms. The molecular formula is C25H28N2O5. The Morgan fingerprint density at radius 2 is 1.72 bits per heavy atom. The number of esters is 1. The smallest absolute Gasteiger partial charge is 0.330 e. The number of anilines is 1. The fourth-order valence-corrected chi connectivity index (χ4v) is 3.42. The molecule has 7 nitrogen and oxygen atoms in total. The highest BCUT2D eigenvalue weighted by Crippen LogP contribution is 2.20. The third-order valence-corrected chi connectivity index (χ3v) is 5.20. The summed E-state index contributed by atoms with van der Waals surface area (Å²) in [6, 6.07) is 16.5. The number of hydrogen-bond acceptors (Lipinski definition) is 5. The molecule has 0 bridgehead atoms. The molecule has 2 amide bonds. The van der Waals surface area contributed by atoms with Crippen LogP contribution in [-0.4, -0.2) is 49.0 Å². The Hall–Kier alpha value is -3.61. The highest BCUT2D eigenvalue weighted by molar-refractivity contribution is 5.93. The quantitative estimate of drug-likeness (QED) is 0.506. The number of amides is 2. The maximum Gasteiger partial charge on any atom is 0.330 e. The van der Waals surface area contributed by atoms with Crippen LogP contribution in [-0.2, 0) is 19.1 Å². The van der Waals surface area contributed by atoms with Gasteiger partial charge in [-0.3, -0.25) is 9.59 Å². The average Bonchev–Trinajstić information content (AvgIpc) is 2.83. The van der Waals surface area contributed by atoms with Crippen LogP contribution in [0.5, 0.6) is 5.75 Å². The molecule has 32 heavy (non-hydrogen) atoms. The van der Waals surface area contributed by atoms with Gasteiger partial charge in [0.15, 0.2) is 6.61 Å². The first-order valence-electron chi connectivity index (χ1n) is 10.8.